The number of hydrogen-bond acceptors (Lipinski definition) is 4. The van der Waals surface area contributed by atoms with Crippen molar-refractivity contribution in [2.45, 2.75) is 13.0 Å². The molecular weight excluding hydrogens is 244 g/mol. The van der Waals surface area contributed by atoms with Gasteiger partial charge in [-0.25, -0.2) is 4.98 Å². The lowest BCUT2D eigenvalue weighted by Gasteiger charge is -2.00. The average molecular weight is 256 g/mol. The van der Waals surface area contributed by atoms with Gasteiger partial charge in [0.2, 0.25) is 0 Å². The van der Waals surface area contributed by atoms with Crippen LogP contribution in [0.3, 0.4) is 0 Å². The van der Waals surface area contributed by atoms with E-state index < -0.39 is 6.10 Å². The van der Waals surface area contributed by atoms with Crippen LogP contribution >= 0.6 is 11.3 Å². The van der Waals surface area contributed by atoms with E-state index in [2.05, 4.69) is 16.0 Å². The zero-order valence-electron chi connectivity index (χ0n) is 9.87. The summed E-state index contributed by atoms with van der Waals surface area (Å²) in [6.07, 6.45) is 3.06. The average Bonchev–Trinajstić information content (AvgIpc) is 2.88. The van der Waals surface area contributed by atoms with Gasteiger partial charge in [0.15, 0.2) is 0 Å². The van der Waals surface area contributed by atoms with Crippen molar-refractivity contribution in [1.29, 1.82) is 0 Å². The van der Waals surface area contributed by atoms with Crippen molar-refractivity contribution in [2.24, 2.45) is 0 Å². The standard InChI is InChI=1S/C14H12N2OS/c1-9(17)13-8-16-14(18-13)11-4-5-12-10(7-11)3-2-6-15-12/h2-9,17H,1H3. The zero-order chi connectivity index (χ0) is 12.5. The molecule has 2 aromatic heterocycles. The number of fused-ring (bicyclic) bond motifs is 1. The summed E-state index contributed by atoms with van der Waals surface area (Å²) in [5.41, 5.74) is 2.04. The van der Waals surface area contributed by atoms with Crippen molar-refractivity contribution in [2.75, 3.05) is 0 Å². The molecule has 3 rings (SSSR count). The highest BCUT2D eigenvalue weighted by Crippen LogP contribution is 2.30. The van der Waals surface area contributed by atoms with E-state index >= 15 is 0 Å². The Bertz CT molecular complexity index is 691. The molecule has 0 spiro atoms. The molecule has 1 unspecified atom stereocenters. The topological polar surface area (TPSA) is 46.0 Å². The maximum Gasteiger partial charge on any atom is 0.123 e. The highest BCUT2D eigenvalue weighted by Gasteiger charge is 2.08. The predicted molar refractivity (Wildman–Crippen MR) is 73.5 cm³/mol. The molecule has 0 aliphatic carbocycles. The Morgan fingerprint density at radius 3 is 2.89 bits per heavy atom. The Hall–Kier alpha value is -1.78. The summed E-state index contributed by atoms with van der Waals surface area (Å²) in [6, 6.07) is 10.0. The van der Waals surface area contributed by atoms with Gasteiger partial charge in [0.1, 0.15) is 5.01 Å². The minimum absolute atomic E-state index is 0.460. The number of aliphatic hydroxyl groups is 1. The molecule has 0 aliphatic heterocycles. The predicted octanol–water partition coefficient (Wildman–Crippen LogP) is 3.41. The molecule has 90 valence electrons. The highest BCUT2D eigenvalue weighted by molar-refractivity contribution is 7.15. The minimum Gasteiger partial charge on any atom is -0.388 e. The number of aliphatic hydroxyl groups excluding tert-OH is 1. The maximum atomic E-state index is 9.52. The summed E-state index contributed by atoms with van der Waals surface area (Å²) in [4.78, 5) is 9.53. The lowest BCUT2D eigenvalue weighted by Crippen LogP contribution is -1.83. The molecule has 0 bridgehead atoms. The summed E-state index contributed by atoms with van der Waals surface area (Å²) in [5.74, 6) is 0. The number of nitrogens with zero attached hydrogens (tertiary/aromatic N) is 2. The Balaban J connectivity index is 2.07. The summed E-state index contributed by atoms with van der Waals surface area (Å²) < 4.78 is 0. The molecule has 1 N–H and O–H groups in total. The molecule has 3 nitrogen and oxygen atoms in total. The Labute approximate surface area is 109 Å². The van der Waals surface area contributed by atoms with E-state index in [4.69, 9.17) is 0 Å². The van der Waals surface area contributed by atoms with Crippen LogP contribution in [0.2, 0.25) is 0 Å². The summed E-state index contributed by atoms with van der Waals surface area (Å²) in [6.45, 7) is 1.75. The third-order valence-corrected chi connectivity index (χ3v) is 4.00. The van der Waals surface area contributed by atoms with Gasteiger partial charge in [0, 0.05) is 23.3 Å². The fourth-order valence-electron chi connectivity index (χ4n) is 1.82. The Morgan fingerprint density at radius 1 is 1.22 bits per heavy atom. The van der Waals surface area contributed by atoms with Crippen LogP contribution in [-0.2, 0) is 0 Å². The van der Waals surface area contributed by atoms with Crippen LogP contribution in [0, 0.1) is 0 Å². The molecule has 0 amide bonds. The van der Waals surface area contributed by atoms with Gasteiger partial charge in [-0.15, -0.1) is 11.3 Å². The van der Waals surface area contributed by atoms with Crippen molar-refractivity contribution in [3.63, 3.8) is 0 Å². The van der Waals surface area contributed by atoms with E-state index in [1.807, 2.05) is 24.3 Å². The Kier molecular flexibility index (Phi) is 2.81. The number of pyridine rings is 1. The van der Waals surface area contributed by atoms with Crippen molar-refractivity contribution < 1.29 is 5.11 Å². The van der Waals surface area contributed by atoms with E-state index in [1.165, 1.54) is 11.3 Å². The van der Waals surface area contributed by atoms with E-state index in [0.717, 1.165) is 26.4 Å². The molecule has 0 saturated carbocycles. The molecule has 0 saturated heterocycles. The first-order chi connectivity index (χ1) is 8.74. The van der Waals surface area contributed by atoms with Gasteiger partial charge < -0.3 is 5.11 Å². The quantitative estimate of drug-likeness (QED) is 0.764. The largest absolute Gasteiger partial charge is 0.388 e. The first kappa shape index (κ1) is 11.3. The van der Waals surface area contributed by atoms with Gasteiger partial charge in [-0.05, 0) is 31.2 Å². The summed E-state index contributed by atoms with van der Waals surface area (Å²) in [7, 11) is 0. The van der Waals surface area contributed by atoms with Gasteiger partial charge in [0.05, 0.1) is 16.5 Å². The molecule has 3 aromatic rings. The van der Waals surface area contributed by atoms with E-state index in [0.29, 0.717) is 0 Å². The molecule has 1 atom stereocenters. The van der Waals surface area contributed by atoms with Crippen LogP contribution < -0.4 is 0 Å². The summed E-state index contributed by atoms with van der Waals surface area (Å²) in [5, 5.41) is 11.5. The van der Waals surface area contributed by atoms with Gasteiger partial charge in [-0.2, -0.15) is 0 Å². The fourth-order valence-corrected chi connectivity index (χ4v) is 2.67. The molecule has 1 aromatic carbocycles. The molecule has 0 aliphatic rings. The first-order valence-electron chi connectivity index (χ1n) is 5.73. The third kappa shape index (κ3) is 2.00. The molecular formula is C14H12N2OS. The lowest BCUT2D eigenvalue weighted by atomic mass is 10.1. The van der Waals surface area contributed by atoms with Crippen molar-refractivity contribution in [3.8, 4) is 10.6 Å². The molecule has 18 heavy (non-hydrogen) atoms. The van der Waals surface area contributed by atoms with Crippen LogP contribution in [0.25, 0.3) is 21.5 Å². The third-order valence-electron chi connectivity index (χ3n) is 2.79. The van der Waals surface area contributed by atoms with E-state index in [-0.39, 0.29) is 0 Å². The van der Waals surface area contributed by atoms with Gasteiger partial charge in [0.25, 0.3) is 0 Å². The number of rotatable bonds is 2. The number of hydrogen-bond donors (Lipinski definition) is 1. The van der Waals surface area contributed by atoms with Crippen molar-refractivity contribution in [3.05, 3.63) is 47.6 Å². The molecule has 0 fully saturated rings. The second-order valence-corrected chi connectivity index (χ2v) is 5.22. The normalized spacial score (nSPS) is 12.8. The minimum atomic E-state index is -0.460. The second-order valence-electron chi connectivity index (χ2n) is 4.15. The SMILES string of the molecule is CC(O)c1cnc(-c2ccc3ncccc3c2)s1. The first-order valence-corrected chi connectivity index (χ1v) is 6.54. The van der Waals surface area contributed by atoms with Gasteiger partial charge in [-0.1, -0.05) is 6.07 Å². The number of aromatic nitrogens is 2. The van der Waals surface area contributed by atoms with E-state index in [9.17, 15) is 5.11 Å². The maximum absolute atomic E-state index is 9.52. The zero-order valence-corrected chi connectivity index (χ0v) is 10.7. The fraction of sp³-hybridized carbons (Fsp3) is 0.143. The molecule has 4 heteroatoms. The van der Waals surface area contributed by atoms with Crippen LogP contribution in [0.4, 0.5) is 0 Å². The van der Waals surface area contributed by atoms with E-state index in [1.54, 1.807) is 19.3 Å². The van der Waals surface area contributed by atoms with Crippen LogP contribution in [-0.4, -0.2) is 15.1 Å². The summed E-state index contributed by atoms with van der Waals surface area (Å²) >= 11 is 1.52. The Morgan fingerprint density at radius 2 is 2.11 bits per heavy atom. The van der Waals surface area contributed by atoms with Crippen LogP contribution in [0.1, 0.15) is 17.9 Å². The number of thiazole rings is 1. The lowest BCUT2D eigenvalue weighted by molar-refractivity contribution is 0.203. The second kappa shape index (κ2) is 4.48. The van der Waals surface area contributed by atoms with Crippen molar-refractivity contribution in [1.82, 2.24) is 9.97 Å². The van der Waals surface area contributed by atoms with Gasteiger partial charge in [-0.3, -0.25) is 4.98 Å². The smallest absolute Gasteiger partial charge is 0.123 e. The van der Waals surface area contributed by atoms with Crippen LogP contribution in [0.5, 0.6) is 0 Å². The molecule has 0 radical (unpaired) electrons. The number of benzene rings is 1. The monoisotopic (exact) mass is 256 g/mol. The van der Waals surface area contributed by atoms with Crippen molar-refractivity contribution >= 4 is 22.2 Å². The highest BCUT2D eigenvalue weighted by atomic mass is 32.1. The molecule has 2 heterocycles. The van der Waals surface area contributed by atoms with Crippen LogP contribution in [0.15, 0.2) is 42.7 Å². The van der Waals surface area contributed by atoms with Gasteiger partial charge >= 0.3 is 0 Å².